The van der Waals surface area contributed by atoms with Gasteiger partial charge in [-0.3, -0.25) is 9.59 Å². The Labute approximate surface area is 237 Å². The van der Waals surface area contributed by atoms with E-state index in [4.69, 9.17) is 14.2 Å². The second-order valence-corrected chi connectivity index (χ2v) is 10.4. The Balaban J connectivity index is 1.64. The highest BCUT2D eigenvalue weighted by molar-refractivity contribution is 6.29. The van der Waals surface area contributed by atoms with Crippen LogP contribution in [0.4, 0.5) is 0 Å². The number of carbonyl (C=O) groups excluding carboxylic acids is 2. The van der Waals surface area contributed by atoms with E-state index in [1.165, 1.54) is 30.3 Å². The minimum absolute atomic E-state index is 0.0536. The van der Waals surface area contributed by atoms with Gasteiger partial charge >= 0.3 is 0 Å². The van der Waals surface area contributed by atoms with Gasteiger partial charge in [0.15, 0.2) is 11.9 Å². The third-order valence-corrected chi connectivity index (χ3v) is 7.93. The number of benzene rings is 1. The zero-order chi connectivity index (χ0) is 30.7. The molecule has 0 saturated carbocycles. The zero-order valence-electron chi connectivity index (χ0n) is 21.7. The van der Waals surface area contributed by atoms with Crippen LogP contribution in [0.25, 0.3) is 6.08 Å². The van der Waals surface area contributed by atoms with E-state index in [-0.39, 0.29) is 5.75 Å². The average Bonchev–Trinajstić information content (AvgIpc) is 3.37. The molecule has 0 spiro atoms. The van der Waals surface area contributed by atoms with Crippen molar-refractivity contribution in [3.63, 3.8) is 0 Å². The SMILES string of the molecule is O=C(/C=C/c1ccc(O)cc1)C1=C(O)C2=C(OC3C(O)[C@H](O)C(CO)O[C@@H]23)C(O)([C@@H]2O[C@H](CO)[C@@H](O)[C@H](O)[C@H]2O)C1=O. The molecule has 10 N–H and O–H groups in total. The number of carbonyl (C=O) groups is 2. The molecule has 0 radical (unpaired) electrons. The number of allylic oxidation sites excluding steroid dienone is 1. The van der Waals surface area contributed by atoms with Crippen molar-refractivity contribution in [2.45, 2.75) is 66.6 Å². The number of aliphatic hydroxyl groups excluding tert-OH is 8. The second kappa shape index (κ2) is 11.1. The first-order chi connectivity index (χ1) is 19.9. The van der Waals surface area contributed by atoms with Crippen LogP contribution in [0.1, 0.15) is 5.56 Å². The van der Waals surface area contributed by atoms with Gasteiger partial charge in [0.05, 0.1) is 18.8 Å². The highest BCUT2D eigenvalue weighted by Gasteiger charge is 2.67. The summed E-state index contributed by atoms with van der Waals surface area (Å²) in [5.41, 5.74) is -4.38. The Morgan fingerprint density at radius 3 is 2.07 bits per heavy atom. The van der Waals surface area contributed by atoms with Crippen molar-refractivity contribution < 1.29 is 74.9 Å². The molecule has 15 heteroatoms. The topological polar surface area (TPSA) is 264 Å². The molecule has 1 aliphatic carbocycles. The lowest BCUT2D eigenvalue weighted by Crippen LogP contribution is -2.68. The molecule has 0 amide bonds. The predicted octanol–water partition coefficient (Wildman–Crippen LogP) is -3.92. The van der Waals surface area contributed by atoms with Crippen LogP contribution in [0.2, 0.25) is 0 Å². The molecule has 2 saturated heterocycles. The Morgan fingerprint density at radius 1 is 0.857 bits per heavy atom. The molecule has 2 fully saturated rings. The molecular formula is C27H30O15. The maximum absolute atomic E-state index is 13.9. The maximum atomic E-state index is 13.9. The van der Waals surface area contributed by atoms with Crippen LogP contribution in [0.5, 0.6) is 5.75 Å². The van der Waals surface area contributed by atoms with E-state index in [2.05, 4.69) is 0 Å². The number of phenolic OH excluding ortho intramolecular Hbond substituents is 1. The minimum atomic E-state index is -3.22. The van der Waals surface area contributed by atoms with E-state index in [0.717, 1.165) is 6.08 Å². The van der Waals surface area contributed by atoms with E-state index in [9.17, 15) is 60.7 Å². The summed E-state index contributed by atoms with van der Waals surface area (Å²) in [6.45, 7) is -1.73. The molecule has 228 valence electrons. The molecule has 42 heavy (non-hydrogen) atoms. The monoisotopic (exact) mass is 594 g/mol. The first-order valence-corrected chi connectivity index (χ1v) is 12.9. The largest absolute Gasteiger partial charge is 0.508 e. The third-order valence-electron chi connectivity index (χ3n) is 7.93. The van der Waals surface area contributed by atoms with Gasteiger partial charge in [-0.2, -0.15) is 0 Å². The highest BCUT2D eigenvalue weighted by atomic mass is 16.6. The van der Waals surface area contributed by atoms with Crippen LogP contribution in [0.15, 0.2) is 53.0 Å². The van der Waals surface area contributed by atoms with Gasteiger partial charge < -0.3 is 65.3 Å². The van der Waals surface area contributed by atoms with Crippen molar-refractivity contribution in [3.8, 4) is 5.75 Å². The fraction of sp³-hybridized carbons (Fsp3) is 0.481. The fourth-order valence-corrected chi connectivity index (χ4v) is 5.63. The van der Waals surface area contributed by atoms with E-state index < -0.39 is 114 Å². The first kappa shape index (κ1) is 30.2. The number of ether oxygens (including phenoxy) is 3. The Kier molecular flexibility index (Phi) is 8.01. The number of fused-ring (bicyclic) bond motifs is 2. The first-order valence-electron chi connectivity index (χ1n) is 12.9. The predicted molar refractivity (Wildman–Crippen MR) is 135 cm³/mol. The third kappa shape index (κ3) is 4.55. The van der Waals surface area contributed by atoms with Gasteiger partial charge in [-0.05, 0) is 23.8 Å². The Hall–Kier alpha value is -3.22. The van der Waals surface area contributed by atoms with Crippen LogP contribution in [0.3, 0.4) is 0 Å². The van der Waals surface area contributed by atoms with E-state index in [0.29, 0.717) is 5.56 Å². The van der Waals surface area contributed by atoms with Gasteiger partial charge in [0, 0.05) is 0 Å². The van der Waals surface area contributed by atoms with Gasteiger partial charge in [0.1, 0.15) is 77.8 Å². The number of rotatable bonds is 6. The number of ketones is 2. The van der Waals surface area contributed by atoms with Crippen molar-refractivity contribution in [1.29, 1.82) is 0 Å². The molecule has 4 unspecified atom stereocenters. The van der Waals surface area contributed by atoms with Crippen LogP contribution >= 0.6 is 0 Å². The van der Waals surface area contributed by atoms with Gasteiger partial charge in [-0.15, -0.1) is 0 Å². The second-order valence-electron chi connectivity index (χ2n) is 10.4. The highest BCUT2D eigenvalue weighted by Crippen LogP contribution is 2.50. The molecular weight excluding hydrogens is 564 g/mol. The molecule has 11 atom stereocenters. The summed E-state index contributed by atoms with van der Waals surface area (Å²) in [4.78, 5) is 27.3. The van der Waals surface area contributed by atoms with Crippen molar-refractivity contribution >= 4 is 17.6 Å². The summed E-state index contributed by atoms with van der Waals surface area (Å²) in [7, 11) is 0. The summed E-state index contributed by atoms with van der Waals surface area (Å²) in [5.74, 6) is -4.64. The van der Waals surface area contributed by atoms with Crippen molar-refractivity contribution in [2.75, 3.05) is 13.2 Å². The maximum Gasteiger partial charge on any atom is 0.214 e. The molecule has 5 rings (SSSR count). The number of Topliss-reactive ketones (excluding diaryl/α,β-unsaturated/α-hetero) is 1. The fourth-order valence-electron chi connectivity index (χ4n) is 5.63. The van der Waals surface area contributed by atoms with Crippen molar-refractivity contribution in [1.82, 2.24) is 0 Å². The molecule has 1 aromatic rings. The molecule has 0 bridgehead atoms. The average molecular weight is 595 g/mol. The number of hydrogen-bond acceptors (Lipinski definition) is 15. The number of aliphatic hydroxyl groups is 9. The van der Waals surface area contributed by atoms with Crippen molar-refractivity contribution in [3.05, 3.63) is 58.6 Å². The lowest BCUT2D eigenvalue weighted by Gasteiger charge is -2.47. The van der Waals surface area contributed by atoms with Crippen LogP contribution in [0, 0.1) is 0 Å². The molecule has 15 nitrogen and oxygen atoms in total. The van der Waals surface area contributed by atoms with Crippen molar-refractivity contribution in [2.24, 2.45) is 0 Å². The molecule has 3 heterocycles. The number of aromatic hydroxyl groups is 1. The molecule has 4 aliphatic rings. The smallest absolute Gasteiger partial charge is 0.214 e. The molecule has 3 aliphatic heterocycles. The van der Waals surface area contributed by atoms with E-state index in [1.54, 1.807) is 0 Å². The summed E-state index contributed by atoms with van der Waals surface area (Å²) in [6.07, 6.45) is -16.0. The van der Waals surface area contributed by atoms with Gasteiger partial charge in [0.2, 0.25) is 11.4 Å². The lowest BCUT2D eigenvalue weighted by molar-refractivity contribution is -0.266. The van der Waals surface area contributed by atoms with Crippen LogP contribution in [-0.4, -0.2) is 142 Å². The van der Waals surface area contributed by atoms with Gasteiger partial charge in [-0.25, -0.2) is 0 Å². The molecule has 1 aromatic carbocycles. The normalized spacial score (nSPS) is 40.2. The Morgan fingerprint density at radius 2 is 1.45 bits per heavy atom. The molecule has 0 aromatic heterocycles. The number of hydrogen-bond donors (Lipinski definition) is 10. The standard InChI is InChI=1S/C27H30O15/c28-7-12-17(33)20(36)23-22(40-12)15-18(34)14(11(31)6-3-9-1-4-10(30)5-2-9)24(38)27(39,25(15)42-23)26-21(37)19(35)16(32)13(8-29)41-26/h1-6,12-13,16-17,19-23,26,28-30,32-37,39H,7-8H2/b6-3+/t12?,13-,16-,17-,19+,20?,21-,22+,23?,26-,27?/m1/s1. The van der Waals surface area contributed by atoms with Gasteiger partial charge in [-0.1, -0.05) is 18.2 Å². The minimum Gasteiger partial charge on any atom is -0.508 e. The van der Waals surface area contributed by atoms with Gasteiger partial charge in [0.25, 0.3) is 0 Å². The Bertz CT molecular complexity index is 1330. The van der Waals surface area contributed by atoms with Crippen LogP contribution in [-0.2, 0) is 23.8 Å². The summed E-state index contributed by atoms with van der Waals surface area (Å²) >= 11 is 0. The number of phenols is 1. The zero-order valence-corrected chi connectivity index (χ0v) is 21.7. The summed E-state index contributed by atoms with van der Waals surface area (Å²) in [6, 6.07) is 5.53. The lowest BCUT2D eigenvalue weighted by atomic mass is 9.73. The summed E-state index contributed by atoms with van der Waals surface area (Å²) < 4.78 is 16.7. The summed E-state index contributed by atoms with van der Waals surface area (Å²) in [5, 5.41) is 105. The van der Waals surface area contributed by atoms with E-state index in [1.807, 2.05) is 0 Å². The van der Waals surface area contributed by atoms with Crippen LogP contribution < -0.4 is 0 Å². The van der Waals surface area contributed by atoms with E-state index >= 15 is 0 Å². The quantitative estimate of drug-likeness (QED) is 0.111.